The van der Waals surface area contributed by atoms with Crippen LogP contribution in [0.5, 0.6) is 5.75 Å². The fourth-order valence-corrected chi connectivity index (χ4v) is 5.19. The Morgan fingerprint density at radius 1 is 1.39 bits per heavy atom. The van der Waals surface area contributed by atoms with Crippen molar-refractivity contribution in [3.05, 3.63) is 30.9 Å². The smallest absolute Gasteiger partial charge is 0.231 e. The predicted octanol–water partition coefficient (Wildman–Crippen LogP) is 0.601. The van der Waals surface area contributed by atoms with Crippen LogP contribution < -0.4 is 15.8 Å². The van der Waals surface area contributed by atoms with Crippen LogP contribution in [0.2, 0.25) is 0 Å². The lowest BCUT2D eigenvalue weighted by Gasteiger charge is -2.27. The third-order valence-electron chi connectivity index (χ3n) is 6.46. The summed E-state index contributed by atoms with van der Waals surface area (Å²) in [5, 5.41) is 10.6. The summed E-state index contributed by atoms with van der Waals surface area (Å²) in [4.78, 5) is 28.1. The zero-order valence-electron chi connectivity index (χ0n) is 17.1. The lowest BCUT2D eigenvalue weighted by Crippen LogP contribution is -2.43. The Morgan fingerprint density at radius 2 is 2.16 bits per heavy atom. The SMILES string of the molecule is COc1ccc(-n2cnnc2)cc1NC(=O)[C@H]1[C@@H]2CC[C@@]3(CN(CCN)C(=O)[C@@H]13)O2.Cl. The summed E-state index contributed by atoms with van der Waals surface area (Å²) in [5.41, 5.74) is 6.40. The average Bonchev–Trinajstić information content (AvgIpc) is 3.51. The summed E-state index contributed by atoms with van der Waals surface area (Å²) in [5.74, 6) is -0.727. The van der Waals surface area contributed by atoms with E-state index >= 15 is 0 Å². The van der Waals surface area contributed by atoms with E-state index < -0.39 is 17.4 Å². The van der Waals surface area contributed by atoms with Gasteiger partial charge in [-0.05, 0) is 31.0 Å². The molecular weight excluding hydrogens is 424 g/mol. The van der Waals surface area contributed by atoms with Crippen molar-refractivity contribution in [1.29, 1.82) is 0 Å². The number of benzene rings is 1. The Balaban J connectivity index is 0.00000231. The maximum Gasteiger partial charge on any atom is 0.231 e. The zero-order valence-corrected chi connectivity index (χ0v) is 17.9. The number of hydrogen-bond acceptors (Lipinski definition) is 7. The molecule has 2 aromatic rings. The molecule has 1 aromatic heterocycles. The van der Waals surface area contributed by atoms with Crippen molar-refractivity contribution in [2.75, 3.05) is 32.1 Å². The van der Waals surface area contributed by atoms with Gasteiger partial charge in [0.2, 0.25) is 11.8 Å². The van der Waals surface area contributed by atoms with Crippen LogP contribution in [0.4, 0.5) is 5.69 Å². The van der Waals surface area contributed by atoms with Gasteiger partial charge in [-0.3, -0.25) is 14.2 Å². The Kier molecular flexibility index (Phi) is 5.63. The van der Waals surface area contributed by atoms with Crippen LogP contribution in [0.25, 0.3) is 5.69 Å². The summed E-state index contributed by atoms with van der Waals surface area (Å²) in [6.45, 7) is 1.39. The fourth-order valence-electron chi connectivity index (χ4n) is 5.19. The first kappa shape index (κ1) is 21.5. The lowest BCUT2D eigenvalue weighted by atomic mass is 9.73. The van der Waals surface area contributed by atoms with E-state index in [1.54, 1.807) is 41.4 Å². The number of halogens is 1. The maximum absolute atomic E-state index is 13.3. The molecule has 0 unspecified atom stereocenters. The van der Waals surface area contributed by atoms with Crippen molar-refractivity contribution < 1.29 is 19.1 Å². The van der Waals surface area contributed by atoms with Gasteiger partial charge in [0.25, 0.3) is 0 Å². The van der Waals surface area contributed by atoms with E-state index in [9.17, 15) is 9.59 Å². The number of ether oxygens (including phenoxy) is 2. The number of hydrogen-bond donors (Lipinski definition) is 2. The fraction of sp³-hybridized carbons (Fsp3) is 0.500. The van der Waals surface area contributed by atoms with Crippen molar-refractivity contribution in [2.45, 2.75) is 24.5 Å². The first-order chi connectivity index (χ1) is 14.6. The summed E-state index contributed by atoms with van der Waals surface area (Å²) in [7, 11) is 1.55. The van der Waals surface area contributed by atoms with Crippen molar-refractivity contribution in [3.8, 4) is 11.4 Å². The summed E-state index contributed by atoms with van der Waals surface area (Å²) in [6, 6.07) is 5.41. The number of nitrogens with zero attached hydrogens (tertiary/aromatic N) is 4. The van der Waals surface area contributed by atoms with Crippen LogP contribution in [-0.4, -0.2) is 69.9 Å². The number of carbonyl (C=O) groups is 2. The van der Waals surface area contributed by atoms with E-state index in [2.05, 4.69) is 15.5 Å². The number of nitrogens with one attached hydrogen (secondary N) is 1. The second kappa shape index (κ2) is 8.10. The van der Waals surface area contributed by atoms with Crippen LogP contribution in [0.3, 0.4) is 0 Å². The number of carbonyl (C=O) groups excluding carboxylic acids is 2. The lowest BCUT2D eigenvalue weighted by molar-refractivity contribution is -0.136. The molecule has 3 fully saturated rings. The topological polar surface area (TPSA) is 125 Å². The standard InChI is InChI=1S/C20H24N6O4.ClH/c1-29-14-3-2-12(26-10-22-23-11-26)8-13(14)24-18(27)16-15-4-5-20(30-15)9-25(7-6-21)19(28)17(16)20;/h2-3,8,10-11,15-17H,4-7,9,21H2,1H3,(H,24,27);1H/t15-,16-,17+,20-;/m0./s1. The largest absolute Gasteiger partial charge is 0.495 e. The minimum Gasteiger partial charge on any atom is -0.495 e. The highest BCUT2D eigenvalue weighted by Crippen LogP contribution is 2.55. The van der Waals surface area contributed by atoms with Crippen molar-refractivity contribution in [1.82, 2.24) is 19.7 Å². The number of fused-ring (bicyclic) bond motifs is 1. The first-order valence-corrected chi connectivity index (χ1v) is 10.1. The van der Waals surface area contributed by atoms with E-state index in [-0.39, 0.29) is 30.3 Å². The molecule has 10 nitrogen and oxygen atoms in total. The molecule has 0 saturated carbocycles. The van der Waals surface area contributed by atoms with Crippen LogP contribution in [0, 0.1) is 11.8 Å². The minimum absolute atomic E-state index is 0. The highest BCUT2D eigenvalue weighted by atomic mass is 35.5. The molecule has 2 bridgehead atoms. The quantitative estimate of drug-likeness (QED) is 0.662. The average molecular weight is 449 g/mol. The normalized spacial score (nSPS) is 28.4. The molecule has 4 heterocycles. The van der Waals surface area contributed by atoms with Gasteiger partial charge in [-0.2, -0.15) is 0 Å². The van der Waals surface area contributed by atoms with Crippen molar-refractivity contribution >= 4 is 29.9 Å². The van der Waals surface area contributed by atoms with E-state index in [0.29, 0.717) is 31.1 Å². The van der Waals surface area contributed by atoms with Gasteiger partial charge < -0.3 is 25.4 Å². The van der Waals surface area contributed by atoms with Crippen molar-refractivity contribution in [2.24, 2.45) is 17.6 Å². The molecule has 0 aliphatic carbocycles. The number of aromatic nitrogens is 3. The van der Waals surface area contributed by atoms with Gasteiger partial charge in [0, 0.05) is 13.1 Å². The van der Waals surface area contributed by atoms with Crippen molar-refractivity contribution in [3.63, 3.8) is 0 Å². The van der Waals surface area contributed by atoms with Gasteiger partial charge in [0.15, 0.2) is 0 Å². The van der Waals surface area contributed by atoms with Crippen LogP contribution in [0.1, 0.15) is 12.8 Å². The van der Waals surface area contributed by atoms with E-state index in [4.69, 9.17) is 15.2 Å². The molecular formula is C20H25ClN6O4. The molecule has 4 atom stereocenters. The summed E-state index contributed by atoms with van der Waals surface area (Å²) < 4.78 is 13.4. The molecule has 3 N–H and O–H groups in total. The molecule has 3 saturated heterocycles. The zero-order chi connectivity index (χ0) is 20.9. The van der Waals surface area contributed by atoms with Gasteiger partial charge in [0.05, 0.1) is 48.6 Å². The van der Waals surface area contributed by atoms with E-state index in [1.807, 2.05) is 6.07 Å². The Bertz CT molecular complexity index is 986. The third kappa shape index (κ3) is 3.35. The van der Waals surface area contributed by atoms with Gasteiger partial charge in [-0.1, -0.05) is 0 Å². The number of amides is 2. The van der Waals surface area contributed by atoms with Crippen LogP contribution >= 0.6 is 12.4 Å². The minimum atomic E-state index is -0.562. The molecule has 3 aliphatic heterocycles. The van der Waals surface area contributed by atoms with Crippen LogP contribution in [0.15, 0.2) is 30.9 Å². The Hall–Kier alpha value is -2.69. The third-order valence-corrected chi connectivity index (χ3v) is 6.46. The van der Waals surface area contributed by atoms with Gasteiger partial charge >= 0.3 is 0 Å². The molecule has 0 radical (unpaired) electrons. The van der Waals surface area contributed by atoms with Gasteiger partial charge in [0.1, 0.15) is 18.4 Å². The Labute approximate surface area is 185 Å². The number of methoxy groups -OCH3 is 1. The predicted molar refractivity (Wildman–Crippen MR) is 113 cm³/mol. The molecule has 2 amide bonds. The molecule has 31 heavy (non-hydrogen) atoms. The highest BCUT2D eigenvalue weighted by Gasteiger charge is 2.68. The molecule has 5 rings (SSSR count). The molecule has 11 heteroatoms. The molecule has 3 aliphatic rings. The molecule has 166 valence electrons. The summed E-state index contributed by atoms with van der Waals surface area (Å²) >= 11 is 0. The van der Waals surface area contributed by atoms with Gasteiger partial charge in [-0.25, -0.2) is 0 Å². The second-order valence-electron chi connectivity index (χ2n) is 8.05. The number of nitrogens with two attached hydrogens (primary N) is 1. The Morgan fingerprint density at radius 3 is 2.87 bits per heavy atom. The van der Waals surface area contributed by atoms with Crippen LogP contribution in [-0.2, 0) is 14.3 Å². The monoisotopic (exact) mass is 448 g/mol. The van der Waals surface area contributed by atoms with E-state index in [0.717, 1.165) is 18.5 Å². The molecule has 1 spiro atoms. The van der Waals surface area contributed by atoms with E-state index in [1.165, 1.54) is 0 Å². The number of rotatable bonds is 6. The highest BCUT2D eigenvalue weighted by molar-refractivity contribution is 5.99. The number of likely N-dealkylation sites (tertiary alicyclic amines) is 1. The van der Waals surface area contributed by atoms with Gasteiger partial charge in [-0.15, -0.1) is 22.6 Å². The second-order valence-corrected chi connectivity index (χ2v) is 8.05. The molecule has 1 aromatic carbocycles. The summed E-state index contributed by atoms with van der Waals surface area (Å²) in [6.07, 6.45) is 4.47. The number of anilines is 1. The maximum atomic E-state index is 13.3. The first-order valence-electron chi connectivity index (χ1n) is 10.1.